The van der Waals surface area contributed by atoms with Crippen LogP contribution >= 0.6 is 0 Å². The van der Waals surface area contributed by atoms with Gasteiger partial charge in [-0.3, -0.25) is 9.59 Å². The Morgan fingerprint density at radius 1 is 1.11 bits per heavy atom. The van der Waals surface area contributed by atoms with Gasteiger partial charge in [0.25, 0.3) is 5.91 Å². The van der Waals surface area contributed by atoms with Crippen molar-refractivity contribution in [3.8, 4) is 5.75 Å². The third-order valence-corrected chi connectivity index (χ3v) is 5.12. The van der Waals surface area contributed by atoms with E-state index in [2.05, 4.69) is 11.4 Å². The van der Waals surface area contributed by atoms with Crippen LogP contribution in [0, 0.1) is 13.8 Å². The fraction of sp³-hybridized carbons (Fsp3) is 0.364. The van der Waals surface area contributed by atoms with Gasteiger partial charge in [-0.15, -0.1) is 0 Å². The van der Waals surface area contributed by atoms with Crippen LogP contribution in [0.2, 0.25) is 0 Å². The molecule has 1 aliphatic rings. The first-order chi connectivity index (χ1) is 12.9. The Kier molecular flexibility index (Phi) is 5.79. The molecular weight excluding hydrogens is 340 g/mol. The van der Waals surface area contributed by atoms with Gasteiger partial charge >= 0.3 is 0 Å². The third-order valence-electron chi connectivity index (χ3n) is 5.12. The zero-order chi connectivity index (χ0) is 19.4. The molecular formula is C22H26N2O3. The molecule has 142 valence electrons. The van der Waals surface area contributed by atoms with Crippen LogP contribution in [0.5, 0.6) is 5.75 Å². The van der Waals surface area contributed by atoms with E-state index in [9.17, 15) is 9.59 Å². The summed E-state index contributed by atoms with van der Waals surface area (Å²) in [6.07, 6.45) is 3.36. The summed E-state index contributed by atoms with van der Waals surface area (Å²) in [5, 5.41) is 2.87. The summed E-state index contributed by atoms with van der Waals surface area (Å²) in [7, 11) is 1.61. The van der Waals surface area contributed by atoms with Crippen molar-refractivity contribution >= 4 is 17.5 Å². The molecule has 0 atom stereocenters. The number of hydrogen-bond acceptors (Lipinski definition) is 3. The molecule has 5 nitrogen and oxygen atoms in total. The summed E-state index contributed by atoms with van der Waals surface area (Å²) >= 11 is 0. The lowest BCUT2D eigenvalue weighted by Gasteiger charge is -2.18. The highest BCUT2D eigenvalue weighted by Gasteiger charge is 2.16. The van der Waals surface area contributed by atoms with Gasteiger partial charge in [0, 0.05) is 12.7 Å². The van der Waals surface area contributed by atoms with Crippen molar-refractivity contribution in [2.45, 2.75) is 33.1 Å². The van der Waals surface area contributed by atoms with E-state index in [1.54, 1.807) is 7.05 Å². The smallest absolute Gasteiger partial charge is 0.260 e. The van der Waals surface area contributed by atoms with Crippen LogP contribution in [0.3, 0.4) is 0 Å². The molecule has 3 rings (SSSR count). The molecule has 0 spiro atoms. The van der Waals surface area contributed by atoms with Crippen molar-refractivity contribution < 1.29 is 14.3 Å². The number of ether oxygens (including phenoxy) is 1. The van der Waals surface area contributed by atoms with Crippen molar-refractivity contribution in [3.05, 3.63) is 58.7 Å². The molecule has 5 heteroatoms. The van der Waals surface area contributed by atoms with Gasteiger partial charge in [-0.2, -0.15) is 0 Å². The Morgan fingerprint density at radius 3 is 2.70 bits per heavy atom. The Balaban J connectivity index is 1.50. The van der Waals surface area contributed by atoms with E-state index in [1.807, 2.05) is 44.2 Å². The summed E-state index contributed by atoms with van der Waals surface area (Å²) < 4.78 is 5.63. The highest BCUT2D eigenvalue weighted by atomic mass is 16.5. The number of benzene rings is 2. The number of nitrogens with one attached hydrogen (secondary N) is 1. The van der Waals surface area contributed by atoms with E-state index in [-0.39, 0.29) is 25.0 Å². The van der Waals surface area contributed by atoms with Gasteiger partial charge < -0.3 is 15.0 Å². The molecule has 0 aromatic heterocycles. The summed E-state index contributed by atoms with van der Waals surface area (Å²) in [4.78, 5) is 25.9. The van der Waals surface area contributed by atoms with E-state index in [1.165, 1.54) is 22.4 Å². The number of aryl methyl sites for hydroxylation is 3. The number of anilines is 1. The Morgan fingerprint density at radius 2 is 1.89 bits per heavy atom. The third kappa shape index (κ3) is 4.67. The molecule has 2 aromatic carbocycles. The number of nitrogens with zero attached hydrogens (tertiary/aromatic N) is 1. The van der Waals surface area contributed by atoms with E-state index in [0.717, 1.165) is 29.7 Å². The lowest BCUT2D eigenvalue weighted by atomic mass is 10.1. The fourth-order valence-electron chi connectivity index (χ4n) is 3.27. The first-order valence-electron chi connectivity index (χ1n) is 9.28. The molecule has 0 heterocycles. The Labute approximate surface area is 160 Å². The number of carbonyl (C=O) groups is 2. The number of fused-ring (bicyclic) bond motifs is 1. The highest BCUT2D eigenvalue weighted by molar-refractivity contribution is 5.95. The van der Waals surface area contributed by atoms with Crippen LogP contribution in [0.4, 0.5) is 5.69 Å². The van der Waals surface area contributed by atoms with Crippen molar-refractivity contribution in [2.75, 3.05) is 25.5 Å². The van der Waals surface area contributed by atoms with Crippen molar-refractivity contribution in [1.82, 2.24) is 4.90 Å². The lowest BCUT2D eigenvalue weighted by Crippen LogP contribution is -2.37. The topological polar surface area (TPSA) is 58.6 Å². The van der Waals surface area contributed by atoms with Crippen LogP contribution < -0.4 is 10.1 Å². The van der Waals surface area contributed by atoms with Crippen molar-refractivity contribution in [3.63, 3.8) is 0 Å². The van der Waals surface area contributed by atoms with E-state index in [0.29, 0.717) is 5.75 Å². The second-order valence-electron chi connectivity index (χ2n) is 7.12. The standard InChI is InChI=1S/C22H26N2O3/c1-15-6-4-9-20(16(15)2)23-21(25)13-24(3)22(26)14-27-19-11-10-17-7-5-8-18(17)12-19/h4,6,9-12H,5,7-8,13-14H2,1-3H3,(H,23,25). The Hall–Kier alpha value is -2.82. The maximum atomic E-state index is 12.3. The molecule has 2 aromatic rings. The average molecular weight is 366 g/mol. The minimum absolute atomic E-state index is 0.0141. The van der Waals surface area contributed by atoms with Gasteiger partial charge in [0.1, 0.15) is 5.75 Å². The second kappa shape index (κ2) is 8.25. The average Bonchev–Trinajstić information content (AvgIpc) is 3.11. The molecule has 0 saturated carbocycles. The molecule has 27 heavy (non-hydrogen) atoms. The summed E-state index contributed by atoms with van der Waals surface area (Å²) in [6.45, 7) is 3.87. The largest absolute Gasteiger partial charge is 0.484 e. The maximum absolute atomic E-state index is 12.3. The molecule has 0 saturated heterocycles. The fourth-order valence-corrected chi connectivity index (χ4v) is 3.27. The summed E-state index contributed by atoms with van der Waals surface area (Å²) in [5.74, 6) is 0.251. The number of carbonyl (C=O) groups excluding carboxylic acids is 2. The highest BCUT2D eigenvalue weighted by Crippen LogP contribution is 2.26. The van der Waals surface area contributed by atoms with Crippen LogP contribution in [-0.4, -0.2) is 36.9 Å². The zero-order valence-corrected chi connectivity index (χ0v) is 16.2. The predicted molar refractivity (Wildman–Crippen MR) is 106 cm³/mol. The second-order valence-corrected chi connectivity index (χ2v) is 7.12. The van der Waals surface area contributed by atoms with Gasteiger partial charge in [-0.25, -0.2) is 0 Å². The SMILES string of the molecule is Cc1cccc(NC(=O)CN(C)C(=O)COc2ccc3c(c2)CCC3)c1C. The number of hydrogen-bond donors (Lipinski definition) is 1. The Bertz CT molecular complexity index is 861. The maximum Gasteiger partial charge on any atom is 0.260 e. The van der Waals surface area contributed by atoms with Gasteiger partial charge in [-0.05, 0) is 73.6 Å². The zero-order valence-electron chi connectivity index (χ0n) is 16.2. The molecule has 1 N–H and O–H groups in total. The number of likely N-dealkylation sites (N-methyl/N-ethyl adjacent to an activating group) is 1. The van der Waals surface area contributed by atoms with Crippen LogP contribution in [0.15, 0.2) is 36.4 Å². The summed E-state index contributed by atoms with van der Waals surface area (Å²) in [5.41, 5.74) is 5.59. The first-order valence-corrected chi connectivity index (χ1v) is 9.28. The van der Waals surface area contributed by atoms with Crippen molar-refractivity contribution in [1.29, 1.82) is 0 Å². The van der Waals surface area contributed by atoms with Crippen LogP contribution in [0.25, 0.3) is 0 Å². The molecule has 0 aliphatic heterocycles. The van der Waals surface area contributed by atoms with Crippen molar-refractivity contribution in [2.24, 2.45) is 0 Å². The lowest BCUT2D eigenvalue weighted by molar-refractivity contribution is -0.135. The molecule has 0 unspecified atom stereocenters. The van der Waals surface area contributed by atoms with Gasteiger partial charge in [0.05, 0.1) is 6.54 Å². The van der Waals surface area contributed by atoms with E-state index >= 15 is 0 Å². The molecule has 1 aliphatic carbocycles. The monoisotopic (exact) mass is 366 g/mol. The van der Waals surface area contributed by atoms with Crippen LogP contribution in [-0.2, 0) is 22.4 Å². The minimum Gasteiger partial charge on any atom is -0.484 e. The van der Waals surface area contributed by atoms with Gasteiger partial charge in [-0.1, -0.05) is 18.2 Å². The van der Waals surface area contributed by atoms with Gasteiger partial charge in [0.15, 0.2) is 6.61 Å². The molecule has 0 bridgehead atoms. The normalized spacial score (nSPS) is 12.4. The van der Waals surface area contributed by atoms with Crippen LogP contribution in [0.1, 0.15) is 28.7 Å². The first kappa shape index (κ1) is 19.0. The summed E-state index contributed by atoms with van der Waals surface area (Å²) in [6, 6.07) is 11.8. The number of rotatable bonds is 6. The quantitative estimate of drug-likeness (QED) is 0.854. The van der Waals surface area contributed by atoms with Gasteiger partial charge in [0.2, 0.25) is 5.91 Å². The molecule has 0 radical (unpaired) electrons. The predicted octanol–water partition coefficient (Wildman–Crippen LogP) is 3.27. The molecule has 2 amide bonds. The van der Waals surface area contributed by atoms with E-state index in [4.69, 9.17) is 4.74 Å². The molecule has 0 fully saturated rings. The minimum atomic E-state index is -0.230. The number of amides is 2. The van der Waals surface area contributed by atoms with E-state index < -0.39 is 0 Å².